The normalized spacial score (nSPS) is 12.9. The maximum atomic E-state index is 11.6. The topological polar surface area (TPSA) is 113 Å². The molecule has 0 aliphatic carbocycles. The van der Waals surface area contributed by atoms with Crippen molar-refractivity contribution in [1.82, 2.24) is 0 Å². The highest BCUT2D eigenvalue weighted by molar-refractivity contribution is 7.46. The van der Waals surface area contributed by atoms with Crippen LogP contribution >= 0.6 is 7.82 Å². The number of aliphatic hydroxyl groups excluding tert-OH is 1. The fraction of sp³-hybridized carbons (Fsp3) is 0.889. The molecule has 0 amide bonds. The van der Waals surface area contributed by atoms with Crippen LogP contribution < -0.4 is 0 Å². The molecule has 1 unspecified atom stereocenters. The van der Waals surface area contributed by atoms with Gasteiger partial charge >= 0.3 is 13.8 Å². The lowest BCUT2D eigenvalue weighted by Gasteiger charge is -2.12. The highest BCUT2D eigenvalue weighted by Gasteiger charge is 2.17. The summed E-state index contributed by atoms with van der Waals surface area (Å²) in [6.45, 7) is 1.36. The Morgan fingerprint density at radius 1 is 0.714 bits per heavy atom. The van der Waals surface area contributed by atoms with Gasteiger partial charge in [-0.05, 0) is 32.1 Å². The van der Waals surface area contributed by atoms with Gasteiger partial charge in [0, 0.05) is 6.42 Å². The van der Waals surface area contributed by atoms with Crippen molar-refractivity contribution < 1.29 is 33.5 Å². The molecule has 208 valence electrons. The molecule has 0 bridgehead atoms. The zero-order chi connectivity index (χ0) is 26.0. The Kier molecular flexibility index (Phi) is 24.4. The second-order valence-electron chi connectivity index (χ2n) is 9.58. The zero-order valence-corrected chi connectivity index (χ0v) is 23.1. The molecule has 0 spiro atoms. The van der Waals surface area contributed by atoms with Gasteiger partial charge in [0.15, 0.2) is 0 Å². The predicted octanol–water partition coefficient (Wildman–Crippen LogP) is 7.38. The monoisotopic (exact) mass is 520 g/mol. The van der Waals surface area contributed by atoms with Gasteiger partial charge in [-0.3, -0.25) is 9.32 Å². The summed E-state index contributed by atoms with van der Waals surface area (Å²) in [5, 5.41) is 9.46. The Bertz CT molecular complexity index is 548. The molecule has 7 nitrogen and oxygen atoms in total. The van der Waals surface area contributed by atoms with Crippen molar-refractivity contribution in [3.63, 3.8) is 0 Å². The van der Waals surface area contributed by atoms with Gasteiger partial charge in [0.05, 0.1) is 6.61 Å². The third-order valence-corrected chi connectivity index (χ3v) is 6.50. The highest BCUT2D eigenvalue weighted by Crippen LogP contribution is 2.35. The molecule has 8 heteroatoms. The van der Waals surface area contributed by atoms with Crippen LogP contribution in [0.5, 0.6) is 0 Å². The predicted molar refractivity (Wildman–Crippen MR) is 142 cm³/mol. The number of unbranched alkanes of at least 4 members (excludes halogenated alkanes) is 17. The first kappa shape index (κ1) is 34.3. The summed E-state index contributed by atoms with van der Waals surface area (Å²) in [6, 6.07) is 0. The molecular formula is C27H53O7P. The van der Waals surface area contributed by atoms with Crippen molar-refractivity contribution in [2.75, 3.05) is 13.2 Å². The summed E-state index contributed by atoms with van der Waals surface area (Å²) in [5.74, 6) is -0.409. The van der Waals surface area contributed by atoms with Gasteiger partial charge in [0.1, 0.15) is 12.7 Å². The maximum Gasteiger partial charge on any atom is 0.469 e. The summed E-state index contributed by atoms with van der Waals surface area (Å²) in [6.07, 6.45) is 27.7. The average Bonchev–Trinajstić information content (AvgIpc) is 2.82. The third-order valence-electron chi connectivity index (χ3n) is 6.01. The number of aliphatic hydroxyl groups is 1. The maximum absolute atomic E-state index is 11.6. The van der Waals surface area contributed by atoms with E-state index >= 15 is 0 Å². The molecule has 0 aliphatic heterocycles. The van der Waals surface area contributed by atoms with Crippen LogP contribution in [0.4, 0.5) is 0 Å². The number of rotatable bonds is 26. The molecule has 1 atom stereocenters. The van der Waals surface area contributed by atoms with E-state index < -0.39 is 26.5 Å². The molecule has 0 rings (SSSR count). The fourth-order valence-electron chi connectivity index (χ4n) is 3.89. The lowest BCUT2D eigenvalue weighted by molar-refractivity contribution is -0.147. The van der Waals surface area contributed by atoms with Gasteiger partial charge in [-0.2, -0.15) is 0 Å². The van der Waals surface area contributed by atoms with E-state index in [1.807, 2.05) is 0 Å². The first-order valence-corrected chi connectivity index (χ1v) is 15.6. The fourth-order valence-corrected chi connectivity index (χ4v) is 4.26. The molecule has 0 saturated heterocycles. The largest absolute Gasteiger partial charge is 0.469 e. The van der Waals surface area contributed by atoms with Gasteiger partial charge < -0.3 is 19.6 Å². The SMILES string of the molecule is CCCCCCCCC=CCCCCCCCCCCCCCC(=O)OCC(O)COP(=O)(O)O. The minimum atomic E-state index is -4.62. The van der Waals surface area contributed by atoms with E-state index in [-0.39, 0.29) is 6.61 Å². The standard InChI is InChI=1S/C27H53O7P/c1-2-3-4-5-6-7-8-9-10-11-12-13-14-15-16-17-18-19-20-21-22-23-27(29)33-24-26(28)25-34-35(30,31)32/h9-10,26,28H,2-8,11-25H2,1H3,(H2,30,31,32). The lowest BCUT2D eigenvalue weighted by Crippen LogP contribution is -2.23. The Morgan fingerprint density at radius 2 is 1.14 bits per heavy atom. The number of phosphoric acid groups is 1. The number of ether oxygens (including phenoxy) is 1. The summed E-state index contributed by atoms with van der Waals surface area (Å²) >= 11 is 0. The minimum Gasteiger partial charge on any atom is -0.463 e. The van der Waals surface area contributed by atoms with Crippen LogP contribution in [-0.4, -0.2) is 40.2 Å². The number of hydrogen-bond donors (Lipinski definition) is 3. The molecule has 0 heterocycles. The van der Waals surface area contributed by atoms with Crippen molar-refractivity contribution >= 4 is 13.8 Å². The zero-order valence-electron chi connectivity index (χ0n) is 22.2. The van der Waals surface area contributed by atoms with Crippen LogP contribution in [0, 0.1) is 0 Å². The molecule has 0 saturated carbocycles. The second-order valence-corrected chi connectivity index (χ2v) is 10.8. The summed E-state index contributed by atoms with van der Waals surface area (Å²) < 4.78 is 19.6. The summed E-state index contributed by atoms with van der Waals surface area (Å²) in [4.78, 5) is 28.7. The molecule has 0 aliphatic rings. The molecule has 0 fully saturated rings. The van der Waals surface area contributed by atoms with Crippen molar-refractivity contribution in [2.45, 2.75) is 141 Å². The van der Waals surface area contributed by atoms with Crippen molar-refractivity contribution in [3.05, 3.63) is 12.2 Å². The molecule has 0 aromatic rings. The average molecular weight is 521 g/mol. The van der Waals surface area contributed by atoms with Crippen LogP contribution in [0.2, 0.25) is 0 Å². The lowest BCUT2D eigenvalue weighted by atomic mass is 10.0. The first-order chi connectivity index (χ1) is 16.8. The van der Waals surface area contributed by atoms with E-state index in [9.17, 15) is 14.5 Å². The third kappa shape index (κ3) is 29.4. The van der Waals surface area contributed by atoms with Gasteiger partial charge in [-0.15, -0.1) is 0 Å². The number of carbonyl (C=O) groups is 1. The van der Waals surface area contributed by atoms with E-state index in [4.69, 9.17) is 14.5 Å². The number of allylic oxidation sites excluding steroid dienone is 2. The minimum absolute atomic E-state index is 0.292. The number of hydrogen-bond acceptors (Lipinski definition) is 5. The quantitative estimate of drug-likeness (QED) is 0.0472. The molecule has 0 aromatic carbocycles. The molecule has 35 heavy (non-hydrogen) atoms. The van der Waals surface area contributed by atoms with Crippen LogP contribution in [0.3, 0.4) is 0 Å². The van der Waals surface area contributed by atoms with Crippen molar-refractivity contribution in [2.24, 2.45) is 0 Å². The van der Waals surface area contributed by atoms with Gasteiger partial charge in [0.2, 0.25) is 0 Å². The van der Waals surface area contributed by atoms with Crippen molar-refractivity contribution in [3.8, 4) is 0 Å². The van der Waals surface area contributed by atoms with Crippen molar-refractivity contribution in [1.29, 1.82) is 0 Å². The number of phosphoric ester groups is 1. The Morgan fingerprint density at radius 3 is 1.60 bits per heavy atom. The molecule has 0 radical (unpaired) electrons. The van der Waals surface area contributed by atoms with Crippen LogP contribution in [0.15, 0.2) is 12.2 Å². The van der Waals surface area contributed by atoms with Crippen LogP contribution in [-0.2, 0) is 18.6 Å². The highest BCUT2D eigenvalue weighted by atomic mass is 31.2. The van der Waals surface area contributed by atoms with E-state index in [0.29, 0.717) is 6.42 Å². The van der Waals surface area contributed by atoms with Crippen LogP contribution in [0.1, 0.15) is 135 Å². The van der Waals surface area contributed by atoms with Gasteiger partial charge in [0.25, 0.3) is 0 Å². The smallest absolute Gasteiger partial charge is 0.463 e. The van der Waals surface area contributed by atoms with Gasteiger partial charge in [-0.25, -0.2) is 4.57 Å². The van der Waals surface area contributed by atoms with Gasteiger partial charge in [-0.1, -0.05) is 109 Å². The number of carbonyl (C=O) groups excluding carboxylic acids is 1. The van der Waals surface area contributed by atoms with E-state index in [0.717, 1.165) is 19.3 Å². The Balaban J connectivity index is 3.28. The van der Waals surface area contributed by atoms with E-state index in [1.54, 1.807) is 0 Å². The summed E-state index contributed by atoms with van der Waals surface area (Å²) in [5.41, 5.74) is 0. The molecule has 0 aromatic heterocycles. The first-order valence-electron chi connectivity index (χ1n) is 14.0. The second kappa shape index (κ2) is 25.0. The molecule has 3 N–H and O–H groups in total. The van der Waals surface area contributed by atoms with E-state index in [2.05, 4.69) is 23.6 Å². The summed E-state index contributed by atoms with van der Waals surface area (Å²) in [7, 11) is -4.62. The van der Waals surface area contributed by atoms with Crippen LogP contribution in [0.25, 0.3) is 0 Å². The Hall–Kier alpha value is -0.720. The number of esters is 1. The molecular weight excluding hydrogens is 467 g/mol. The van der Waals surface area contributed by atoms with E-state index in [1.165, 1.54) is 103 Å². The Labute approximate surface area is 214 Å².